The molecule has 3 aliphatic rings. The Hall–Kier alpha value is -2.94. The van der Waals surface area contributed by atoms with Crippen LogP contribution in [0.1, 0.15) is 54.4 Å². The maximum Gasteiger partial charge on any atom is 0.414 e. The highest BCUT2D eigenvalue weighted by Gasteiger charge is 2.53. The number of benzene rings is 2. The molecule has 36 heavy (non-hydrogen) atoms. The van der Waals surface area contributed by atoms with E-state index in [2.05, 4.69) is 46.6 Å². The van der Waals surface area contributed by atoms with Gasteiger partial charge in [-0.15, -0.1) is 0 Å². The van der Waals surface area contributed by atoms with Gasteiger partial charge < -0.3 is 25.2 Å². The van der Waals surface area contributed by atoms with Crippen LogP contribution in [0.15, 0.2) is 42.5 Å². The molecule has 5 rings (SSSR count). The minimum absolute atomic E-state index is 0.0125. The summed E-state index contributed by atoms with van der Waals surface area (Å²) >= 11 is 6.43. The van der Waals surface area contributed by atoms with Crippen molar-refractivity contribution in [1.82, 2.24) is 10.2 Å². The number of piperidine rings is 1. The number of amides is 1. The van der Waals surface area contributed by atoms with Crippen molar-refractivity contribution >= 4 is 29.4 Å². The molecule has 0 unspecified atom stereocenters. The van der Waals surface area contributed by atoms with Crippen molar-refractivity contribution in [3.8, 4) is 0 Å². The Morgan fingerprint density at radius 2 is 1.72 bits per heavy atom. The van der Waals surface area contributed by atoms with E-state index < -0.39 is 18.0 Å². The van der Waals surface area contributed by atoms with Crippen LogP contribution < -0.4 is 5.32 Å². The number of carbonyl (C=O) groups excluding carboxylic acids is 1. The molecule has 9 heteroatoms. The summed E-state index contributed by atoms with van der Waals surface area (Å²) in [4.78, 5) is 32.9. The quantitative estimate of drug-likeness (QED) is 0.524. The van der Waals surface area contributed by atoms with Crippen LogP contribution in [0.25, 0.3) is 0 Å². The predicted octanol–water partition coefficient (Wildman–Crippen LogP) is 3.25. The molecule has 3 atom stereocenters. The monoisotopic (exact) mass is 514 g/mol. The zero-order valence-corrected chi connectivity index (χ0v) is 21.1. The van der Waals surface area contributed by atoms with E-state index in [9.17, 15) is 4.79 Å². The third kappa shape index (κ3) is 4.98. The Kier molecular flexibility index (Phi) is 7.68. The molecule has 1 amide bonds. The Labute approximate surface area is 215 Å². The average Bonchev–Trinajstić information content (AvgIpc) is 3.36. The number of rotatable bonds is 5. The van der Waals surface area contributed by atoms with Gasteiger partial charge in [0.15, 0.2) is 0 Å². The summed E-state index contributed by atoms with van der Waals surface area (Å²) in [6.45, 7) is 4.80. The van der Waals surface area contributed by atoms with Gasteiger partial charge in [0, 0.05) is 49.1 Å². The van der Waals surface area contributed by atoms with Gasteiger partial charge in [-0.3, -0.25) is 4.79 Å². The molecule has 1 heterocycles. The van der Waals surface area contributed by atoms with Crippen molar-refractivity contribution in [2.24, 2.45) is 0 Å². The minimum Gasteiger partial charge on any atom is -0.473 e. The topological polar surface area (TPSA) is 116 Å². The summed E-state index contributed by atoms with van der Waals surface area (Å²) in [6, 6.07) is 15.7. The zero-order chi connectivity index (χ0) is 26.0. The van der Waals surface area contributed by atoms with E-state index in [1.807, 2.05) is 6.07 Å². The lowest BCUT2D eigenvalue weighted by Crippen LogP contribution is -2.50. The number of methoxy groups -OCH3 is 1. The zero-order valence-electron chi connectivity index (χ0n) is 20.4. The first-order valence-electron chi connectivity index (χ1n) is 12.1. The number of hydrogen-bond donors (Lipinski definition) is 3. The molecule has 3 N–H and O–H groups in total. The second kappa shape index (κ2) is 10.6. The highest BCUT2D eigenvalue weighted by atomic mass is 35.5. The second-order valence-corrected chi connectivity index (χ2v) is 10.1. The van der Waals surface area contributed by atoms with E-state index in [1.165, 1.54) is 22.3 Å². The van der Waals surface area contributed by atoms with Gasteiger partial charge in [-0.05, 0) is 60.6 Å². The largest absolute Gasteiger partial charge is 0.473 e. The molecular formula is C27H31ClN2O6. The second-order valence-electron chi connectivity index (χ2n) is 9.70. The van der Waals surface area contributed by atoms with E-state index in [0.29, 0.717) is 5.92 Å². The van der Waals surface area contributed by atoms with Crippen LogP contribution in [0.4, 0.5) is 0 Å². The number of aliphatic carboxylic acids is 2. The Bertz CT molecular complexity index is 1150. The standard InChI is InChI=1S/C25H29ClN2O2.C2H2O4/c1-16(30-2)24(29)27-18-9-11-28(12-10-18)15-25-14-21(19-5-3-4-6-22(19)25)20-8-7-17(26)13-23(20)25;3-1(4)2(5)6/h3-8,13,16,18,21H,9-12,14-15H2,1-2H3,(H,27,29);(H,3,4)(H,5,6)/t16-,21+,25+;/m1./s1. The fraction of sp³-hybridized carbons (Fsp3) is 0.444. The Balaban J connectivity index is 0.000000455. The summed E-state index contributed by atoms with van der Waals surface area (Å²) in [5, 5.41) is 18.8. The summed E-state index contributed by atoms with van der Waals surface area (Å²) in [5.74, 6) is -3.17. The van der Waals surface area contributed by atoms with Crippen LogP contribution in [0, 0.1) is 0 Å². The summed E-state index contributed by atoms with van der Waals surface area (Å²) in [7, 11) is 1.57. The molecule has 0 radical (unpaired) electrons. The Morgan fingerprint density at radius 3 is 2.36 bits per heavy atom. The molecule has 8 nitrogen and oxygen atoms in total. The first kappa shape index (κ1) is 26.1. The van der Waals surface area contributed by atoms with Crippen LogP contribution in [0.2, 0.25) is 5.02 Å². The van der Waals surface area contributed by atoms with Crippen molar-refractivity contribution in [1.29, 1.82) is 0 Å². The van der Waals surface area contributed by atoms with Crippen LogP contribution in [-0.2, 0) is 24.5 Å². The van der Waals surface area contributed by atoms with Crippen molar-refractivity contribution in [2.45, 2.75) is 49.7 Å². The highest BCUT2D eigenvalue weighted by molar-refractivity contribution is 6.30. The van der Waals surface area contributed by atoms with Crippen LogP contribution in [0.5, 0.6) is 0 Å². The molecule has 2 aromatic rings. The molecule has 2 bridgehead atoms. The number of likely N-dealkylation sites (tertiary alicyclic amines) is 1. The molecule has 0 aromatic heterocycles. The fourth-order valence-corrected chi connectivity index (χ4v) is 6.03. The molecule has 2 aliphatic carbocycles. The lowest BCUT2D eigenvalue weighted by molar-refractivity contribution is -0.159. The van der Waals surface area contributed by atoms with Crippen molar-refractivity contribution < 1.29 is 29.3 Å². The van der Waals surface area contributed by atoms with Gasteiger partial charge in [0.1, 0.15) is 6.10 Å². The first-order chi connectivity index (χ1) is 17.2. The highest BCUT2D eigenvalue weighted by Crippen LogP contribution is 2.60. The molecular weight excluding hydrogens is 484 g/mol. The number of carboxylic acids is 2. The van der Waals surface area contributed by atoms with Crippen LogP contribution in [-0.4, -0.2) is 71.8 Å². The fourth-order valence-electron chi connectivity index (χ4n) is 5.86. The lowest BCUT2D eigenvalue weighted by atomic mass is 9.74. The molecule has 1 aliphatic heterocycles. The minimum atomic E-state index is -1.82. The summed E-state index contributed by atoms with van der Waals surface area (Å²) in [5.41, 5.74) is 5.87. The number of fused-ring (bicyclic) bond motifs is 8. The molecule has 1 saturated heterocycles. The molecule has 192 valence electrons. The van der Waals surface area contributed by atoms with Gasteiger partial charge >= 0.3 is 11.9 Å². The van der Waals surface area contributed by atoms with Crippen LogP contribution >= 0.6 is 11.6 Å². The van der Waals surface area contributed by atoms with Crippen molar-refractivity contribution in [3.63, 3.8) is 0 Å². The van der Waals surface area contributed by atoms with Gasteiger partial charge in [-0.2, -0.15) is 0 Å². The summed E-state index contributed by atoms with van der Waals surface area (Å²) < 4.78 is 5.14. The number of halogens is 1. The van der Waals surface area contributed by atoms with Crippen molar-refractivity contribution in [2.75, 3.05) is 26.7 Å². The van der Waals surface area contributed by atoms with E-state index in [4.69, 9.17) is 36.1 Å². The van der Waals surface area contributed by atoms with Gasteiger partial charge in [-0.1, -0.05) is 41.9 Å². The van der Waals surface area contributed by atoms with Crippen LogP contribution in [0.3, 0.4) is 0 Å². The van der Waals surface area contributed by atoms with Crippen molar-refractivity contribution in [3.05, 3.63) is 69.7 Å². The number of ether oxygens (including phenoxy) is 1. The third-order valence-electron chi connectivity index (χ3n) is 7.64. The van der Waals surface area contributed by atoms with Gasteiger partial charge in [0.05, 0.1) is 0 Å². The lowest BCUT2D eigenvalue weighted by Gasteiger charge is -2.40. The van der Waals surface area contributed by atoms with Gasteiger partial charge in [0.2, 0.25) is 5.91 Å². The number of carbonyl (C=O) groups is 3. The number of nitrogens with one attached hydrogen (secondary N) is 1. The number of carboxylic acid groups (broad SMARTS) is 2. The first-order valence-corrected chi connectivity index (χ1v) is 12.4. The maximum atomic E-state index is 12.1. The number of nitrogens with zero attached hydrogens (tertiary/aromatic N) is 1. The third-order valence-corrected chi connectivity index (χ3v) is 7.88. The Morgan fingerprint density at radius 1 is 1.08 bits per heavy atom. The SMILES string of the molecule is CO[C@H](C)C(=O)NC1CCN(C[C@@]23C[C@@H](c4ccccc42)c2ccc(Cl)cc23)CC1.O=C(O)C(=O)O. The average molecular weight is 515 g/mol. The molecule has 2 aromatic carbocycles. The van der Waals surface area contributed by atoms with E-state index in [1.54, 1.807) is 14.0 Å². The smallest absolute Gasteiger partial charge is 0.414 e. The maximum absolute atomic E-state index is 12.1. The molecule has 0 saturated carbocycles. The van der Waals surface area contributed by atoms with E-state index in [0.717, 1.165) is 43.9 Å². The van der Waals surface area contributed by atoms with E-state index >= 15 is 0 Å². The normalized spacial score (nSPS) is 23.1. The van der Waals surface area contributed by atoms with E-state index in [-0.39, 0.29) is 17.4 Å². The van der Waals surface area contributed by atoms with Gasteiger partial charge in [0.25, 0.3) is 0 Å². The number of hydrogen-bond acceptors (Lipinski definition) is 5. The molecule has 0 spiro atoms. The predicted molar refractivity (Wildman–Crippen MR) is 134 cm³/mol. The summed E-state index contributed by atoms with van der Waals surface area (Å²) in [6.07, 6.45) is 2.70. The molecule has 1 fully saturated rings. The van der Waals surface area contributed by atoms with Gasteiger partial charge in [-0.25, -0.2) is 9.59 Å².